The third kappa shape index (κ3) is 7.96. The van der Waals surface area contributed by atoms with Crippen molar-refractivity contribution < 1.29 is 134 Å². The molecule has 2 aliphatic heterocycles. The van der Waals surface area contributed by atoms with Crippen molar-refractivity contribution in [2.45, 2.75) is 30.7 Å². The van der Waals surface area contributed by atoms with Crippen LogP contribution in [0.1, 0.15) is 51.8 Å². The highest BCUT2D eigenvalue weighted by Gasteiger charge is 2.53. The van der Waals surface area contributed by atoms with Gasteiger partial charge < -0.3 is 110 Å². The first-order valence-corrected chi connectivity index (χ1v) is 18.6. The van der Waals surface area contributed by atoms with E-state index in [4.69, 9.17) is 28.4 Å². The number of aromatic hydroxyl groups is 14. The number of phenolic OH excluding ortho intramolecular Hbond substituents is 14. The Morgan fingerprint density at radius 1 is 0.529 bits per heavy atom. The lowest BCUT2D eigenvalue weighted by Gasteiger charge is -2.42. The molecule has 0 aliphatic carbocycles. The van der Waals surface area contributed by atoms with Gasteiger partial charge in [-0.25, -0.2) is 24.0 Å². The number of phenols is 14. The molecule has 5 aromatic carbocycles. The summed E-state index contributed by atoms with van der Waals surface area (Å²) in [6.45, 7) is -1.21. The predicted octanol–water partition coefficient (Wildman–Crippen LogP) is 1.59. The molecule has 1 fully saturated rings. The number of carbonyl (C=O) groups is 5. The van der Waals surface area contributed by atoms with Gasteiger partial charge >= 0.3 is 29.8 Å². The van der Waals surface area contributed by atoms with E-state index >= 15 is 0 Å². The number of aliphatic hydroxyl groups is 1. The molecule has 0 amide bonds. The van der Waals surface area contributed by atoms with E-state index in [0.717, 1.165) is 0 Å². The van der Waals surface area contributed by atoms with E-state index in [9.17, 15) is 106 Å². The quantitative estimate of drug-likeness (QED) is 0.0625. The summed E-state index contributed by atoms with van der Waals surface area (Å²) >= 11 is 0. The van der Waals surface area contributed by atoms with Crippen LogP contribution in [-0.4, -0.2) is 149 Å². The van der Waals surface area contributed by atoms with Gasteiger partial charge in [0.2, 0.25) is 28.7 Å². The van der Waals surface area contributed by atoms with Crippen LogP contribution >= 0.6 is 0 Å². The maximum absolute atomic E-state index is 14.3. The van der Waals surface area contributed by atoms with Crippen molar-refractivity contribution in [1.82, 2.24) is 0 Å². The summed E-state index contributed by atoms with van der Waals surface area (Å²) in [5.74, 6) is -29.0. The molecule has 1 unspecified atom stereocenters. The Morgan fingerprint density at radius 3 is 1.59 bits per heavy atom. The zero-order valence-electron chi connectivity index (χ0n) is 33.3. The van der Waals surface area contributed by atoms with Crippen molar-refractivity contribution >= 4 is 29.8 Å². The number of carbonyl (C=O) groups excluding carboxylic acids is 4. The number of benzene rings is 5. The fourth-order valence-electron chi connectivity index (χ4n) is 6.86. The molecular formula is C41H30O27. The molecule has 0 aromatic heterocycles. The molecule has 27 nitrogen and oxygen atoms in total. The highest BCUT2D eigenvalue weighted by atomic mass is 16.7. The number of ether oxygens (including phenoxy) is 6. The fraction of sp³-hybridized carbons (Fsp3) is 0.146. The van der Waals surface area contributed by atoms with Crippen LogP contribution in [0, 0.1) is 0 Å². The van der Waals surface area contributed by atoms with Gasteiger partial charge in [0.05, 0.1) is 22.3 Å². The Balaban J connectivity index is 1.38. The van der Waals surface area contributed by atoms with E-state index in [-0.39, 0.29) is 0 Å². The van der Waals surface area contributed by atoms with Gasteiger partial charge in [-0.1, -0.05) is 0 Å². The van der Waals surface area contributed by atoms with E-state index in [1.54, 1.807) is 0 Å². The van der Waals surface area contributed by atoms with Gasteiger partial charge in [-0.3, -0.25) is 0 Å². The highest BCUT2D eigenvalue weighted by molar-refractivity contribution is 6.08. The number of fused-ring (bicyclic) bond motifs is 4. The first-order valence-electron chi connectivity index (χ1n) is 18.6. The molecule has 7 rings (SSSR count). The van der Waals surface area contributed by atoms with Crippen LogP contribution in [0.2, 0.25) is 0 Å². The maximum Gasteiger partial charge on any atom is 0.342 e. The number of hydrogen-bond acceptors (Lipinski definition) is 26. The maximum atomic E-state index is 14.3. The van der Waals surface area contributed by atoms with Gasteiger partial charge in [0, 0.05) is 17.2 Å². The van der Waals surface area contributed by atoms with Gasteiger partial charge in [-0.15, -0.1) is 0 Å². The second-order valence-electron chi connectivity index (χ2n) is 14.4. The smallest absolute Gasteiger partial charge is 0.342 e. The molecule has 5 aromatic rings. The molecule has 0 spiro atoms. The van der Waals surface area contributed by atoms with Crippen LogP contribution in [0.15, 0.2) is 42.5 Å². The van der Waals surface area contributed by atoms with Crippen LogP contribution in [0.3, 0.4) is 0 Å². The molecule has 356 valence electrons. The zero-order valence-corrected chi connectivity index (χ0v) is 33.3. The number of carboxylic acid groups (broad SMARTS) is 1. The van der Waals surface area contributed by atoms with Crippen molar-refractivity contribution in [3.63, 3.8) is 0 Å². The summed E-state index contributed by atoms with van der Waals surface area (Å²) in [4.78, 5) is 67.5. The Bertz CT molecular complexity index is 2970. The van der Waals surface area contributed by atoms with Gasteiger partial charge in [0.15, 0.2) is 87.8 Å². The van der Waals surface area contributed by atoms with E-state index in [0.29, 0.717) is 42.5 Å². The van der Waals surface area contributed by atoms with Gasteiger partial charge in [-0.2, -0.15) is 0 Å². The summed E-state index contributed by atoms with van der Waals surface area (Å²) in [6.07, 6.45) is -12.3. The summed E-state index contributed by atoms with van der Waals surface area (Å²) in [7, 11) is 0. The molecule has 16 N–H and O–H groups in total. The predicted molar refractivity (Wildman–Crippen MR) is 210 cm³/mol. The molecule has 27 heteroatoms. The second-order valence-corrected chi connectivity index (χ2v) is 14.4. The second kappa shape index (κ2) is 17.1. The van der Waals surface area contributed by atoms with Gasteiger partial charge in [0.1, 0.15) is 18.3 Å². The topological polar surface area (TPSA) is 464 Å². The van der Waals surface area contributed by atoms with Crippen LogP contribution in [-0.2, 0) is 23.7 Å². The van der Waals surface area contributed by atoms with Crippen LogP contribution in [0.4, 0.5) is 0 Å². The van der Waals surface area contributed by atoms with Crippen molar-refractivity contribution in [2.24, 2.45) is 0 Å². The van der Waals surface area contributed by atoms with Crippen LogP contribution < -0.4 is 4.74 Å². The first-order chi connectivity index (χ1) is 31.9. The van der Waals surface area contributed by atoms with E-state index in [1.807, 2.05) is 0 Å². The lowest BCUT2D eigenvalue weighted by molar-refractivity contribution is -0.284. The minimum atomic E-state index is -2.64. The van der Waals surface area contributed by atoms with Crippen molar-refractivity contribution in [2.75, 3.05) is 6.61 Å². The monoisotopic (exact) mass is 954 g/mol. The SMILES string of the molecule is O=C(O)c1cc(O)c(O)c(Oc2c(C(=O)O[C@H]3C(O)O[C@@H]4COC(=O)c5cc(O)c(O)c(O)c5-c5c(cc(O)c(O)c5O)C(=O)O[C@H]4[C@@H]3OC(=O)c3cc(O)c(O)c(O)c3)cc(O)c(O)c2O)c1. The standard InChI is InChI=1S/C41H30O27/c42-14-2-10(3-15(43)24(14)48)37(58)67-34-33-21(8-63-38(59)11-5-17(45)26(50)29(53)22(11)23-12(39(60)66-33)6-18(46)27(51)30(23)54)65-41(62)35(34)68-40(61)13-7-19(47)28(52)31(55)32(13)64-20-4-9(36(56)57)1-16(44)25(20)49/h1-7,21,33-35,41-55,62H,8H2,(H,56,57)/t21-,33-,34+,35-,41?/m1/s1. The van der Waals surface area contributed by atoms with E-state index in [1.165, 1.54) is 0 Å². The molecule has 5 atom stereocenters. The van der Waals surface area contributed by atoms with Crippen molar-refractivity contribution in [3.05, 3.63) is 70.3 Å². The third-order valence-corrected chi connectivity index (χ3v) is 10.2. The number of esters is 4. The molecule has 1 saturated heterocycles. The Hall–Kier alpha value is -9.63. The van der Waals surface area contributed by atoms with Crippen LogP contribution in [0.25, 0.3) is 11.1 Å². The Labute approximate surface area is 374 Å². The number of aromatic carboxylic acids is 1. The van der Waals surface area contributed by atoms with E-state index < -0.39 is 198 Å². The number of rotatable bonds is 7. The van der Waals surface area contributed by atoms with Gasteiger partial charge in [0.25, 0.3) is 0 Å². The summed E-state index contributed by atoms with van der Waals surface area (Å²) in [5, 5.41) is 167. The summed E-state index contributed by atoms with van der Waals surface area (Å²) in [5.41, 5.74) is -6.96. The first kappa shape index (κ1) is 46.4. The van der Waals surface area contributed by atoms with Crippen molar-refractivity contribution in [1.29, 1.82) is 0 Å². The molecule has 2 heterocycles. The number of hydrogen-bond donors (Lipinski definition) is 16. The molecule has 0 radical (unpaired) electrons. The fourth-order valence-corrected chi connectivity index (χ4v) is 6.86. The van der Waals surface area contributed by atoms with Crippen LogP contribution in [0.5, 0.6) is 92.0 Å². The minimum absolute atomic E-state index is 0.340. The Morgan fingerprint density at radius 2 is 1.01 bits per heavy atom. The Kier molecular flexibility index (Phi) is 11.6. The average Bonchev–Trinajstić information content (AvgIpc) is 3.29. The van der Waals surface area contributed by atoms with Crippen molar-refractivity contribution in [3.8, 4) is 103 Å². The average molecular weight is 955 g/mol. The number of aliphatic hydroxyl groups excluding tert-OH is 1. The molecule has 68 heavy (non-hydrogen) atoms. The highest BCUT2D eigenvalue weighted by Crippen LogP contribution is 2.54. The lowest BCUT2D eigenvalue weighted by atomic mass is 9.92. The molecule has 0 bridgehead atoms. The largest absolute Gasteiger partial charge is 0.504 e. The zero-order chi connectivity index (χ0) is 50.0. The third-order valence-electron chi connectivity index (χ3n) is 10.2. The van der Waals surface area contributed by atoms with E-state index in [2.05, 4.69) is 0 Å². The number of cyclic esters (lactones) is 1. The summed E-state index contributed by atoms with van der Waals surface area (Å²) < 4.78 is 32.6. The molecule has 2 aliphatic rings. The number of carboxylic acids is 1. The normalized spacial score (nSPS) is 18.9. The minimum Gasteiger partial charge on any atom is -0.504 e. The molecular weight excluding hydrogens is 924 g/mol. The summed E-state index contributed by atoms with van der Waals surface area (Å²) in [6, 6.07) is 3.39. The van der Waals surface area contributed by atoms with Gasteiger partial charge in [-0.05, 0) is 36.4 Å². The molecule has 0 saturated carbocycles. The lowest BCUT2D eigenvalue weighted by Crippen LogP contribution is -2.62.